The highest BCUT2D eigenvalue weighted by atomic mass is 16.5. The zero-order chi connectivity index (χ0) is 21.2. The lowest BCUT2D eigenvalue weighted by atomic mass is 9.83. The van der Waals surface area contributed by atoms with E-state index in [9.17, 15) is 9.59 Å². The number of nitrogens with two attached hydrogens (primary N) is 1. The number of rotatable bonds is 3. The first-order valence-electron chi connectivity index (χ1n) is 10.2. The van der Waals surface area contributed by atoms with E-state index in [1.54, 1.807) is 11.7 Å². The fraction of sp³-hybridized carbons (Fsp3) is 0.348. The average molecular weight is 405 g/mol. The molecule has 3 aromatic rings. The maximum atomic E-state index is 13.3. The second-order valence-electron chi connectivity index (χ2n) is 7.87. The van der Waals surface area contributed by atoms with Crippen LogP contribution in [0.15, 0.2) is 29.1 Å². The molecule has 2 aliphatic heterocycles. The second-order valence-corrected chi connectivity index (χ2v) is 7.87. The molecule has 0 aliphatic carbocycles. The Labute approximate surface area is 173 Å². The van der Waals surface area contributed by atoms with Gasteiger partial charge in [-0.2, -0.15) is 0 Å². The highest BCUT2D eigenvalue weighted by Gasteiger charge is 2.44. The van der Waals surface area contributed by atoms with Gasteiger partial charge in [0, 0.05) is 10.9 Å². The summed E-state index contributed by atoms with van der Waals surface area (Å²) >= 11 is 0. The van der Waals surface area contributed by atoms with Crippen LogP contribution in [0.3, 0.4) is 0 Å². The van der Waals surface area contributed by atoms with E-state index < -0.39 is 11.5 Å². The van der Waals surface area contributed by atoms with E-state index in [-0.39, 0.29) is 12.2 Å². The molecule has 0 amide bonds. The van der Waals surface area contributed by atoms with Crippen LogP contribution in [0, 0.1) is 0 Å². The molecular weight excluding hydrogens is 382 g/mol. The number of hydrogen-bond donors (Lipinski definition) is 1. The maximum Gasteiger partial charge on any atom is 0.331 e. The van der Waals surface area contributed by atoms with Crippen molar-refractivity contribution in [3.63, 3.8) is 0 Å². The standard InChI is InChI=1S/C23H23N3O4/c1-4-13-14-8-12(29-3)6-7-18(14)25-20-15(13)10-26-19(20)9-17-16(21(26)27)11-30-22(28)23(17,24)5-2/h6-9H,4-5,10-11,24H2,1-3H3. The number of hydrogen-bond acceptors (Lipinski definition) is 6. The van der Waals surface area contributed by atoms with E-state index in [2.05, 4.69) is 6.92 Å². The number of cyclic esters (lactones) is 1. The molecule has 7 nitrogen and oxygen atoms in total. The minimum atomic E-state index is -1.32. The summed E-state index contributed by atoms with van der Waals surface area (Å²) < 4.78 is 12.4. The summed E-state index contributed by atoms with van der Waals surface area (Å²) in [5.74, 6) is 0.279. The van der Waals surface area contributed by atoms with E-state index in [1.807, 2.05) is 31.2 Å². The predicted molar refractivity (Wildman–Crippen MR) is 112 cm³/mol. The van der Waals surface area contributed by atoms with Gasteiger partial charge in [-0.1, -0.05) is 13.8 Å². The summed E-state index contributed by atoms with van der Waals surface area (Å²) in [6.45, 7) is 4.32. The Bertz CT molecular complexity index is 1290. The van der Waals surface area contributed by atoms with Gasteiger partial charge < -0.3 is 19.8 Å². The fourth-order valence-electron chi connectivity index (χ4n) is 4.71. The maximum absolute atomic E-state index is 13.3. The van der Waals surface area contributed by atoms with Gasteiger partial charge in [0.1, 0.15) is 17.9 Å². The molecule has 0 fully saturated rings. The van der Waals surface area contributed by atoms with E-state index in [0.717, 1.165) is 39.9 Å². The van der Waals surface area contributed by atoms with Crippen LogP contribution in [0.4, 0.5) is 0 Å². The van der Waals surface area contributed by atoms with Gasteiger partial charge >= 0.3 is 5.97 Å². The van der Waals surface area contributed by atoms with Crippen molar-refractivity contribution < 1.29 is 14.3 Å². The molecule has 2 N–H and O–H groups in total. The summed E-state index contributed by atoms with van der Waals surface area (Å²) in [4.78, 5) is 30.7. The summed E-state index contributed by atoms with van der Waals surface area (Å²) in [6.07, 6.45) is 1.15. The molecule has 1 atom stereocenters. The Balaban J connectivity index is 1.81. The van der Waals surface area contributed by atoms with Gasteiger partial charge in [-0.05, 0) is 48.2 Å². The monoisotopic (exact) mass is 405 g/mol. The quantitative estimate of drug-likeness (QED) is 0.527. The van der Waals surface area contributed by atoms with Gasteiger partial charge in [0.25, 0.3) is 5.56 Å². The molecular formula is C23H23N3O4. The number of carbonyl (C=O) groups excluding carboxylic acids is 1. The third-order valence-corrected chi connectivity index (χ3v) is 6.47. The molecule has 0 bridgehead atoms. The highest BCUT2D eigenvalue weighted by molar-refractivity contribution is 5.90. The van der Waals surface area contributed by atoms with Gasteiger partial charge in [0.2, 0.25) is 0 Å². The van der Waals surface area contributed by atoms with Crippen LogP contribution in [-0.2, 0) is 34.6 Å². The Morgan fingerprint density at radius 2 is 2.03 bits per heavy atom. The molecule has 5 rings (SSSR count). The molecule has 1 aromatic carbocycles. The largest absolute Gasteiger partial charge is 0.497 e. The number of carbonyl (C=O) groups is 1. The molecule has 154 valence electrons. The van der Waals surface area contributed by atoms with Crippen LogP contribution in [0.5, 0.6) is 5.75 Å². The number of ether oxygens (including phenoxy) is 2. The third-order valence-electron chi connectivity index (χ3n) is 6.47. The number of benzene rings is 1. The molecule has 2 aromatic heterocycles. The first-order valence-corrected chi connectivity index (χ1v) is 10.2. The van der Waals surface area contributed by atoms with E-state index in [0.29, 0.717) is 29.8 Å². The smallest absolute Gasteiger partial charge is 0.331 e. The number of esters is 1. The molecule has 0 saturated carbocycles. The first kappa shape index (κ1) is 18.8. The summed E-state index contributed by atoms with van der Waals surface area (Å²) in [5.41, 5.74) is 10.5. The van der Waals surface area contributed by atoms with Crippen LogP contribution >= 0.6 is 0 Å². The fourth-order valence-corrected chi connectivity index (χ4v) is 4.71. The summed E-state index contributed by atoms with van der Waals surface area (Å²) in [6, 6.07) is 7.68. The van der Waals surface area contributed by atoms with Crippen molar-refractivity contribution in [2.75, 3.05) is 7.11 Å². The molecule has 2 aliphatic rings. The van der Waals surface area contributed by atoms with E-state index >= 15 is 0 Å². The third kappa shape index (κ3) is 2.32. The minimum absolute atomic E-state index is 0.0458. The van der Waals surface area contributed by atoms with E-state index in [1.165, 1.54) is 0 Å². The molecule has 4 heterocycles. The number of fused-ring (bicyclic) bond motifs is 5. The van der Waals surface area contributed by atoms with Crippen LogP contribution < -0.4 is 16.0 Å². The highest BCUT2D eigenvalue weighted by Crippen LogP contribution is 2.40. The van der Waals surface area contributed by atoms with Gasteiger partial charge in [-0.15, -0.1) is 0 Å². The number of methoxy groups -OCH3 is 1. The SMILES string of the molecule is CCc1c2c(nc3ccc(OC)cc13)-c1cc3c(c(=O)n1C2)COC(=O)C3(N)CC. The van der Waals surface area contributed by atoms with Crippen LogP contribution in [0.2, 0.25) is 0 Å². The topological polar surface area (TPSA) is 96.4 Å². The van der Waals surface area contributed by atoms with Crippen molar-refractivity contribution in [3.05, 3.63) is 56.9 Å². The number of nitrogens with zero attached hydrogens (tertiary/aromatic N) is 2. The Hall–Kier alpha value is -3.19. The Morgan fingerprint density at radius 3 is 2.73 bits per heavy atom. The molecule has 0 spiro atoms. The van der Waals surface area contributed by atoms with Gasteiger partial charge in [-0.25, -0.2) is 9.78 Å². The minimum Gasteiger partial charge on any atom is -0.497 e. The number of aromatic nitrogens is 2. The van der Waals surface area contributed by atoms with Crippen LogP contribution in [0.1, 0.15) is 42.5 Å². The summed E-state index contributed by atoms with van der Waals surface area (Å²) in [7, 11) is 1.64. The lowest BCUT2D eigenvalue weighted by Gasteiger charge is -2.32. The Kier molecular flexibility index (Phi) is 4.02. The van der Waals surface area contributed by atoms with E-state index in [4.69, 9.17) is 20.2 Å². The van der Waals surface area contributed by atoms with Gasteiger partial charge in [0.05, 0.1) is 36.1 Å². The van der Waals surface area contributed by atoms with Crippen molar-refractivity contribution in [1.82, 2.24) is 9.55 Å². The second kappa shape index (κ2) is 6.40. The van der Waals surface area contributed by atoms with Crippen LogP contribution in [0.25, 0.3) is 22.3 Å². The number of pyridine rings is 2. The lowest BCUT2D eigenvalue weighted by Crippen LogP contribution is -2.50. The van der Waals surface area contributed by atoms with Crippen molar-refractivity contribution in [3.8, 4) is 17.1 Å². The van der Waals surface area contributed by atoms with Crippen molar-refractivity contribution in [2.24, 2.45) is 5.73 Å². The molecule has 7 heteroatoms. The first-order chi connectivity index (χ1) is 14.4. The van der Waals surface area contributed by atoms with Crippen molar-refractivity contribution in [1.29, 1.82) is 0 Å². The zero-order valence-electron chi connectivity index (χ0n) is 17.2. The number of aryl methyl sites for hydroxylation is 1. The molecule has 0 radical (unpaired) electrons. The van der Waals surface area contributed by atoms with Crippen LogP contribution in [-0.4, -0.2) is 22.6 Å². The Morgan fingerprint density at radius 1 is 1.23 bits per heavy atom. The molecule has 30 heavy (non-hydrogen) atoms. The normalized spacial score (nSPS) is 19.3. The molecule has 0 saturated heterocycles. The average Bonchev–Trinajstić information content (AvgIpc) is 3.13. The lowest BCUT2D eigenvalue weighted by molar-refractivity contribution is -0.154. The zero-order valence-corrected chi connectivity index (χ0v) is 17.2. The summed E-state index contributed by atoms with van der Waals surface area (Å²) in [5, 5.41) is 1.03. The van der Waals surface area contributed by atoms with Crippen molar-refractivity contribution >= 4 is 16.9 Å². The van der Waals surface area contributed by atoms with Gasteiger partial charge in [-0.3, -0.25) is 4.79 Å². The van der Waals surface area contributed by atoms with Gasteiger partial charge in [0.15, 0.2) is 0 Å². The van der Waals surface area contributed by atoms with Crippen molar-refractivity contribution in [2.45, 2.75) is 45.4 Å². The molecule has 1 unspecified atom stereocenters. The predicted octanol–water partition coefficient (Wildman–Crippen LogP) is 2.62.